The highest BCUT2D eigenvalue weighted by atomic mass is 16.5. The van der Waals surface area contributed by atoms with Crippen LogP contribution in [0, 0.1) is 20.8 Å². The molecule has 2 heterocycles. The molecule has 112 valence electrons. The molecule has 1 saturated heterocycles. The van der Waals surface area contributed by atoms with Crippen LogP contribution in [0.4, 0.5) is 0 Å². The van der Waals surface area contributed by atoms with Crippen molar-refractivity contribution in [2.45, 2.75) is 39.8 Å². The molecule has 0 aliphatic carbocycles. The topological polar surface area (TPSA) is 37.4 Å². The third kappa shape index (κ3) is 3.78. The molecular formula is C16H27N3O. The summed E-state index contributed by atoms with van der Waals surface area (Å²) in [5.74, 6) is 0. The van der Waals surface area contributed by atoms with Crippen molar-refractivity contribution in [2.75, 3.05) is 33.3 Å². The number of aromatic nitrogens is 1. The van der Waals surface area contributed by atoms with E-state index in [1.165, 1.54) is 11.1 Å². The van der Waals surface area contributed by atoms with Gasteiger partial charge in [0.15, 0.2) is 0 Å². The fourth-order valence-corrected chi connectivity index (χ4v) is 3.09. The van der Waals surface area contributed by atoms with Crippen LogP contribution in [-0.4, -0.2) is 49.3 Å². The minimum absolute atomic E-state index is 0.287. The highest BCUT2D eigenvalue weighted by molar-refractivity contribution is 5.33. The summed E-state index contributed by atoms with van der Waals surface area (Å²) < 4.78 is 5.79. The van der Waals surface area contributed by atoms with Crippen molar-refractivity contribution in [1.29, 1.82) is 0 Å². The zero-order valence-electron chi connectivity index (χ0n) is 13.4. The zero-order valence-corrected chi connectivity index (χ0v) is 13.4. The van der Waals surface area contributed by atoms with Gasteiger partial charge in [-0.2, -0.15) is 0 Å². The minimum Gasteiger partial charge on any atom is -0.374 e. The molecule has 1 N–H and O–H groups in total. The van der Waals surface area contributed by atoms with Gasteiger partial charge in [0, 0.05) is 37.1 Å². The molecule has 0 spiro atoms. The van der Waals surface area contributed by atoms with Gasteiger partial charge in [-0.1, -0.05) is 0 Å². The molecule has 1 aromatic heterocycles. The largest absolute Gasteiger partial charge is 0.374 e. The quantitative estimate of drug-likeness (QED) is 0.913. The zero-order chi connectivity index (χ0) is 14.7. The lowest BCUT2D eigenvalue weighted by molar-refractivity contribution is -0.0191. The van der Waals surface area contributed by atoms with Gasteiger partial charge in [0.05, 0.1) is 12.7 Å². The number of pyridine rings is 1. The van der Waals surface area contributed by atoms with Crippen LogP contribution in [0.2, 0.25) is 0 Å². The van der Waals surface area contributed by atoms with Crippen molar-refractivity contribution in [3.8, 4) is 0 Å². The van der Waals surface area contributed by atoms with E-state index in [4.69, 9.17) is 4.74 Å². The van der Waals surface area contributed by atoms with Gasteiger partial charge in [0.25, 0.3) is 0 Å². The lowest BCUT2D eigenvalue weighted by Crippen LogP contribution is -2.45. The van der Waals surface area contributed by atoms with E-state index in [1.807, 2.05) is 6.92 Å². The standard InChI is InChI=1S/C16H27N3O/c1-11-8-12(2)18-14(4)16(11)13(3)17-9-15-10-19(5)6-7-20-15/h8,13,15,17H,6-7,9-10H2,1-5H3. The van der Waals surface area contributed by atoms with Crippen molar-refractivity contribution >= 4 is 0 Å². The van der Waals surface area contributed by atoms with Crippen molar-refractivity contribution < 1.29 is 4.74 Å². The second kappa shape index (κ2) is 6.66. The molecule has 1 aliphatic heterocycles. The summed E-state index contributed by atoms with van der Waals surface area (Å²) in [6, 6.07) is 2.46. The Kier molecular flexibility index (Phi) is 5.13. The first-order chi connectivity index (χ1) is 9.47. The molecule has 0 radical (unpaired) electrons. The summed E-state index contributed by atoms with van der Waals surface area (Å²) >= 11 is 0. The van der Waals surface area contributed by atoms with Gasteiger partial charge < -0.3 is 15.0 Å². The summed E-state index contributed by atoms with van der Waals surface area (Å²) in [7, 11) is 2.15. The van der Waals surface area contributed by atoms with Crippen molar-refractivity contribution in [3.05, 3.63) is 28.6 Å². The monoisotopic (exact) mass is 277 g/mol. The lowest BCUT2D eigenvalue weighted by Gasteiger charge is -2.31. The highest BCUT2D eigenvalue weighted by Crippen LogP contribution is 2.21. The van der Waals surface area contributed by atoms with Crippen molar-refractivity contribution in [3.63, 3.8) is 0 Å². The highest BCUT2D eigenvalue weighted by Gasteiger charge is 2.19. The van der Waals surface area contributed by atoms with Crippen LogP contribution >= 0.6 is 0 Å². The number of rotatable bonds is 4. The average Bonchev–Trinajstić information content (AvgIpc) is 2.35. The third-order valence-electron chi connectivity index (χ3n) is 4.01. The Morgan fingerprint density at radius 1 is 1.45 bits per heavy atom. The molecule has 0 amide bonds. The van der Waals surface area contributed by atoms with Gasteiger partial charge in [-0.3, -0.25) is 4.98 Å². The van der Waals surface area contributed by atoms with Crippen molar-refractivity contribution in [1.82, 2.24) is 15.2 Å². The summed E-state index contributed by atoms with van der Waals surface area (Å²) in [4.78, 5) is 6.91. The molecule has 4 heteroatoms. The molecule has 0 aromatic carbocycles. The summed E-state index contributed by atoms with van der Waals surface area (Å²) in [6.45, 7) is 12.3. The Labute approximate surface area is 122 Å². The lowest BCUT2D eigenvalue weighted by atomic mass is 10.0. The SMILES string of the molecule is Cc1cc(C)c(C(C)NCC2CN(C)CCO2)c(C)n1. The Balaban J connectivity index is 1.96. The molecular weight excluding hydrogens is 250 g/mol. The Bertz CT molecular complexity index is 438. The van der Waals surface area contributed by atoms with Crippen molar-refractivity contribution in [2.24, 2.45) is 0 Å². The normalized spacial score (nSPS) is 21.9. The van der Waals surface area contributed by atoms with Crippen LogP contribution < -0.4 is 5.32 Å². The smallest absolute Gasteiger partial charge is 0.0826 e. The predicted molar refractivity (Wildman–Crippen MR) is 82.1 cm³/mol. The minimum atomic E-state index is 0.287. The number of hydrogen-bond donors (Lipinski definition) is 1. The van der Waals surface area contributed by atoms with Gasteiger partial charge in [-0.25, -0.2) is 0 Å². The number of aryl methyl sites for hydroxylation is 3. The van der Waals surface area contributed by atoms with Crippen LogP contribution in [-0.2, 0) is 4.74 Å². The number of ether oxygens (including phenoxy) is 1. The number of likely N-dealkylation sites (N-methyl/N-ethyl adjacent to an activating group) is 1. The Morgan fingerprint density at radius 3 is 2.85 bits per heavy atom. The molecule has 2 rings (SSSR count). The molecule has 2 atom stereocenters. The first-order valence-electron chi connectivity index (χ1n) is 7.45. The molecule has 0 saturated carbocycles. The van der Waals surface area contributed by atoms with Crippen LogP contribution in [0.3, 0.4) is 0 Å². The van der Waals surface area contributed by atoms with Gasteiger partial charge in [-0.15, -0.1) is 0 Å². The van der Waals surface area contributed by atoms with Crippen LogP contribution in [0.25, 0.3) is 0 Å². The number of nitrogens with one attached hydrogen (secondary N) is 1. The fraction of sp³-hybridized carbons (Fsp3) is 0.688. The summed E-state index contributed by atoms with van der Waals surface area (Å²) in [5.41, 5.74) is 4.86. The fourth-order valence-electron chi connectivity index (χ4n) is 3.09. The van der Waals surface area contributed by atoms with Gasteiger partial charge in [0.1, 0.15) is 0 Å². The first-order valence-corrected chi connectivity index (χ1v) is 7.45. The maximum absolute atomic E-state index is 5.79. The average molecular weight is 277 g/mol. The van der Waals surface area contributed by atoms with E-state index in [0.717, 1.165) is 37.6 Å². The summed E-state index contributed by atoms with van der Waals surface area (Å²) in [6.07, 6.45) is 0.287. The number of hydrogen-bond acceptors (Lipinski definition) is 4. The van der Waals surface area contributed by atoms with Gasteiger partial charge in [-0.05, 0) is 51.9 Å². The van der Waals surface area contributed by atoms with Gasteiger partial charge >= 0.3 is 0 Å². The van der Waals surface area contributed by atoms with E-state index >= 15 is 0 Å². The second-order valence-electron chi connectivity index (χ2n) is 5.96. The summed E-state index contributed by atoms with van der Waals surface area (Å²) in [5, 5.41) is 3.60. The molecule has 1 aromatic rings. The molecule has 2 unspecified atom stereocenters. The number of nitrogens with zero attached hydrogens (tertiary/aromatic N) is 2. The van der Waals surface area contributed by atoms with Crippen LogP contribution in [0.15, 0.2) is 6.07 Å². The van der Waals surface area contributed by atoms with Gasteiger partial charge in [0.2, 0.25) is 0 Å². The Morgan fingerprint density at radius 2 is 2.20 bits per heavy atom. The van der Waals surface area contributed by atoms with E-state index < -0.39 is 0 Å². The van der Waals surface area contributed by atoms with E-state index in [-0.39, 0.29) is 6.10 Å². The molecule has 1 fully saturated rings. The molecule has 1 aliphatic rings. The molecule has 0 bridgehead atoms. The van der Waals surface area contributed by atoms with Crippen LogP contribution in [0.5, 0.6) is 0 Å². The van der Waals surface area contributed by atoms with E-state index in [1.54, 1.807) is 0 Å². The van der Waals surface area contributed by atoms with E-state index in [2.05, 4.69) is 49.1 Å². The second-order valence-corrected chi connectivity index (χ2v) is 5.96. The third-order valence-corrected chi connectivity index (χ3v) is 4.01. The first kappa shape index (κ1) is 15.4. The van der Waals surface area contributed by atoms with E-state index in [9.17, 15) is 0 Å². The molecule has 20 heavy (non-hydrogen) atoms. The Hall–Kier alpha value is -0.970. The maximum atomic E-state index is 5.79. The molecule has 4 nitrogen and oxygen atoms in total. The maximum Gasteiger partial charge on any atom is 0.0826 e. The number of morpholine rings is 1. The predicted octanol–water partition coefficient (Wildman–Crippen LogP) is 1.99. The van der Waals surface area contributed by atoms with Crippen LogP contribution in [0.1, 0.15) is 35.5 Å². The van der Waals surface area contributed by atoms with E-state index in [0.29, 0.717) is 6.04 Å².